The predicted octanol–water partition coefficient (Wildman–Crippen LogP) is 3.07. The molecule has 0 unspecified atom stereocenters. The van der Waals surface area contributed by atoms with Gasteiger partial charge in [-0.3, -0.25) is 4.79 Å². The predicted molar refractivity (Wildman–Crippen MR) is 110 cm³/mol. The van der Waals surface area contributed by atoms with E-state index in [1.54, 1.807) is 0 Å². The normalized spacial score (nSPS) is 14.0. The summed E-state index contributed by atoms with van der Waals surface area (Å²) in [6.07, 6.45) is 2.43. The Morgan fingerprint density at radius 2 is 1.70 bits per heavy atom. The van der Waals surface area contributed by atoms with Crippen molar-refractivity contribution in [3.8, 4) is 0 Å². The number of amides is 1. The van der Waals surface area contributed by atoms with Gasteiger partial charge in [0.2, 0.25) is 5.91 Å². The number of anilines is 2. The summed E-state index contributed by atoms with van der Waals surface area (Å²) in [6.45, 7) is 4.69. The third kappa shape index (κ3) is 6.29. The third-order valence-electron chi connectivity index (χ3n) is 4.73. The Morgan fingerprint density at radius 1 is 0.963 bits per heavy atom. The molecule has 5 nitrogen and oxygen atoms in total. The molecule has 0 aliphatic carbocycles. The number of rotatable bonds is 9. The summed E-state index contributed by atoms with van der Waals surface area (Å²) in [4.78, 5) is 14.4. The first-order chi connectivity index (χ1) is 13.3. The SMILES string of the molecule is O=C(CCNc1ccccc1N1CCOCC1)NCCCc1ccccc1. The van der Waals surface area contributed by atoms with Gasteiger partial charge < -0.3 is 20.3 Å². The van der Waals surface area contributed by atoms with Crippen LogP contribution in [0, 0.1) is 0 Å². The maximum atomic E-state index is 12.1. The Labute approximate surface area is 161 Å². The molecule has 1 aliphatic heterocycles. The lowest BCUT2D eigenvalue weighted by molar-refractivity contribution is -0.120. The third-order valence-corrected chi connectivity index (χ3v) is 4.73. The molecule has 5 heteroatoms. The molecule has 1 aliphatic rings. The standard InChI is InChI=1S/C22H29N3O2/c26-22(24-13-6-9-19-7-2-1-3-8-19)12-14-23-20-10-4-5-11-21(20)25-15-17-27-18-16-25/h1-5,7-8,10-11,23H,6,9,12-18H2,(H,24,26). The van der Waals surface area contributed by atoms with E-state index < -0.39 is 0 Å². The van der Waals surface area contributed by atoms with Crippen molar-refractivity contribution in [2.75, 3.05) is 49.6 Å². The van der Waals surface area contributed by atoms with E-state index in [4.69, 9.17) is 4.74 Å². The Morgan fingerprint density at radius 3 is 2.52 bits per heavy atom. The van der Waals surface area contributed by atoms with E-state index in [1.807, 2.05) is 24.3 Å². The van der Waals surface area contributed by atoms with Gasteiger partial charge in [0.1, 0.15) is 0 Å². The van der Waals surface area contributed by atoms with E-state index in [9.17, 15) is 4.79 Å². The molecule has 0 bridgehead atoms. The van der Waals surface area contributed by atoms with Crippen LogP contribution in [0.3, 0.4) is 0 Å². The number of carbonyl (C=O) groups is 1. The molecule has 1 fully saturated rings. The second-order valence-electron chi connectivity index (χ2n) is 6.73. The molecule has 1 saturated heterocycles. The molecular formula is C22H29N3O2. The van der Waals surface area contributed by atoms with E-state index in [0.29, 0.717) is 13.0 Å². The molecular weight excluding hydrogens is 338 g/mol. The highest BCUT2D eigenvalue weighted by atomic mass is 16.5. The van der Waals surface area contributed by atoms with Crippen molar-refractivity contribution in [3.63, 3.8) is 0 Å². The lowest BCUT2D eigenvalue weighted by Crippen LogP contribution is -2.36. The van der Waals surface area contributed by atoms with Crippen LogP contribution >= 0.6 is 0 Å². The molecule has 2 aromatic rings. The fraction of sp³-hybridized carbons (Fsp3) is 0.409. The summed E-state index contributed by atoms with van der Waals surface area (Å²) in [5.41, 5.74) is 3.58. The summed E-state index contributed by atoms with van der Waals surface area (Å²) in [7, 11) is 0. The number of ether oxygens (including phenoxy) is 1. The second-order valence-corrected chi connectivity index (χ2v) is 6.73. The number of carbonyl (C=O) groups excluding carboxylic acids is 1. The van der Waals surface area contributed by atoms with Gasteiger partial charge in [-0.25, -0.2) is 0 Å². The molecule has 1 amide bonds. The highest BCUT2D eigenvalue weighted by molar-refractivity contribution is 5.77. The van der Waals surface area contributed by atoms with Crippen LogP contribution in [0.25, 0.3) is 0 Å². The summed E-state index contributed by atoms with van der Waals surface area (Å²) in [6, 6.07) is 18.6. The number of nitrogens with zero attached hydrogens (tertiary/aromatic N) is 1. The van der Waals surface area contributed by atoms with Crippen molar-refractivity contribution in [2.45, 2.75) is 19.3 Å². The van der Waals surface area contributed by atoms with Gasteiger partial charge >= 0.3 is 0 Å². The number of para-hydroxylation sites is 2. The fourth-order valence-electron chi connectivity index (χ4n) is 3.27. The van der Waals surface area contributed by atoms with Crippen molar-refractivity contribution < 1.29 is 9.53 Å². The molecule has 0 atom stereocenters. The minimum absolute atomic E-state index is 0.0967. The number of morpholine rings is 1. The van der Waals surface area contributed by atoms with Gasteiger partial charge in [0.05, 0.1) is 24.6 Å². The van der Waals surface area contributed by atoms with Crippen molar-refractivity contribution in [1.82, 2.24) is 5.32 Å². The van der Waals surface area contributed by atoms with Crippen molar-refractivity contribution in [3.05, 3.63) is 60.2 Å². The van der Waals surface area contributed by atoms with Crippen molar-refractivity contribution >= 4 is 17.3 Å². The lowest BCUT2D eigenvalue weighted by Gasteiger charge is -2.30. The Hall–Kier alpha value is -2.53. The average Bonchev–Trinajstić information content (AvgIpc) is 2.73. The summed E-state index contributed by atoms with van der Waals surface area (Å²) in [5, 5.41) is 6.43. The summed E-state index contributed by atoms with van der Waals surface area (Å²) < 4.78 is 5.43. The number of hydrogen-bond donors (Lipinski definition) is 2. The number of hydrogen-bond acceptors (Lipinski definition) is 4. The van der Waals surface area contributed by atoms with Gasteiger partial charge in [-0.05, 0) is 30.5 Å². The van der Waals surface area contributed by atoms with E-state index in [0.717, 1.165) is 51.4 Å². The highest BCUT2D eigenvalue weighted by Gasteiger charge is 2.14. The van der Waals surface area contributed by atoms with Crippen LogP contribution in [0.1, 0.15) is 18.4 Å². The fourth-order valence-corrected chi connectivity index (χ4v) is 3.27. The van der Waals surface area contributed by atoms with Gasteiger partial charge in [-0.15, -0.1) is 0 Å². The van der Waals surface area contributed by atoms with Crippen LogP contribution in [0.15, 0.2) is 54.6 Å². The van der Waals surface area contributed by atoms with Gasteiger partial charge in [-0.1, -0.05) is 42.5 Å². The Balaban J connectivity index is 1.36. The first-order valence-corrected chi connectivity index (χ1v) is 9.79. The van der Waals surface area contributed by atoms with Crippen LogP contribution in [0.5, 0.6) is 0 Å². The van der Waals surface area contributed by atoms with Crippen LogP contribution in [-0.4, -0.2) is 45.3 Å². The van der Waals surface area contributed by atoms with E-state index in [-0.39, 0.29) is 5.91 Å². The van der Waals surface area contributed by atoms with Gasteiger partial charge in [0.15, 0.2) is 0 Å². The van der Waals surface area contributed by atoms with E-state index in [1.165, 1.54) is 11.3 Å². The maximum absolute atomic E-state index is 12.1. The number of aryl methyl sites for hydroxylation is 1. The first-order valence-electron chi connectivity index (χ1n) is 9.79. The van der Waals surface area contributed by atoms with Crippen LogP contribution in [0.2, 0.25) is 0 Å². The monoisotopic (exact) mass is 367 g/mol. The number of benzene rings is 2. The quantitative estimate of drug-likeness (QED) is 0.669. The molecule has 27 heavy (non-hydrogen) atoms. The van der Waals surface area contributed by atoms with Crippen molar-refractivity contribution in [1.29, 1.82) is 0 Å². The molecule has 0 aromatic heterocycles. The van der Waals surface area contributed by atoms with Crippen LogP contribution < -0.4 is 15.5 Å². The molecule has 2 aromatic carbocycles. The zero-order valence-electron chi connectivity index (χ0n) is 15.8. The van der Waals surface area contributed by atoms with E-state index in [2.05, 4.69) is 45.9 Å². The lowest BCUT2D eigenvalue weighted by atomic mass is 10.1. The Kier molecular flexibility index (Phi) is 7.54. The molecule has 2 N–H and O–H groups in total. The van der Waals surface area contributed by atoms with E-state index >= 15 is 0 Å². The summed E-state index contributed by atoms with van der Waals surface area (Å²) >= 11 is 0. The zero-order chi connectivity index (χ0) is 18.7. The highest BCUT2D eigenvalue weighted by Crippen LogP contribution is 2.26. The smallest absolute Gasteiger partial charge is 0.221 e. The minimum Gasteiger partial charge on any atom is -0.383 e. The first kappa shape index (κ1) is 19.2. The topological polar surface area (TPSA) is 53.6 Å². The van der Waals surface area contributed by atoms with Gasteiger partial charge in [-0.2, -0.15) is 0 Å². The van der Waals surface area contributed by atoms with Crippen LogP contribution in [0.4, 0.5) is 11.4 Å². The molecule has 0 saturated carbocycles. The maximum Gasteiger partial charge on any atom is 0.221 e. The molecule has 0 radical (unpaired) electrons. The Bertz CT molecular complexity index is 700. The summed E-state index contributed by atoms with van der Waals surface area (Å²) in [5.74, 6) is 0.0967. The minimum atomic E-state index is 0.0967. The van der Waals surface area contributed by atoms with Gasteiger partial charge in [0, 0.05) is 32.6 Å². The number of nitrogens with one attached hydrogen (secondary N) is 2. The average molecular weight is 367 g/mol. The molecule has 0 spiro atoms. The van der Waals surface area contributed by atoms with Crippen molar-refractivity contribution in [2.24, 2.45) is 0 Å². The second kappa shape index (κ2) is 10.6. The zero-order valence-corrected chi connectivity index (χ0v) is 15.8. The molecule has 144 valence electrons. The van der Waals surface area contributed by atoms with Crippen LogP contribution in [-0.2, 0) is 16.0 Å². The molecule has 1 heterocycles. The van der Waals surface area contributed by atoms with Gasteiger partial charge in [0.25, 0.3) is 0 Å². The largest absolute Gasteiger partial charge is 0.383 e. The molecule has 3 rings (SSSR count).